The molecule has 2 saturated heterocycles. The van der Waals surface area contributed by atoms with Crippen LogP contribution in [0.15, 0.2) is 18.2 Å². The fraction of sp³-hybridized carbons (Fsp3) is 0.529. The smallest absolute Gasteiger partial charge is 0.322 e. The Balaban J connectivity index is 1.80. The summed E-state index contributed by atoms with van der Waals surface area (Å²) in [5.41, 5.74) is 1.15. The molecule has 0 saturated carbocycles. The zero-order valence-corrected chi connectivity index (χ0v) is 14.1. The lowest BCUT2D eigenvalue weighted by Crippen LogP contribution is -2.51. The minimum atomic E-state index is -0.170. The molecule has 0 spiro atoms. The van der Waals surface area contributed by atoms with E-state index in [1.807, 2.05) is 0 Å². The number of ether oxygens (including phenoxy) is 1. The molecule has 0 aromatic heterocycles. The maximum absolute atomic E-state index is 12.6. The quantitative estimate of drug-likeness (QED) is 0.771. The summed E-state index contributed by atoms with van der Waals surface area (Å²) in [4.78, 5) is 26.1. The number of nitrogens with one attached hydrogen (secondary N) is 3. The number of rotatable bonds is 4. The fourth-order valence-electron chi connectivity index (χ4n) is 3.24. The van der Waals surface area contributed by atoms with Crippen LogP contribution in [0.2, 0.25) is 0 Å². The monoisotopic (exact) mass is 332 g/mol. The first kappa shape index (κ1) is 16.6. The molecule has 0 radical (unpaired) electrons. The van der Waals surface area contributed by atoms with Gasteiger partial charge in [-0.3, -0.25) is 9.69 Å². The molecule has 7 nitrogen and oxygen atoms in total. The summed E-state index contributed by atoms with van der Waals surface area (Å²) in [5.74, 6) is 0.454. The number of nitrogens with zero attached hydrogens (tertiary/aromatic N) is 1. The summed E-state index contributed by atoms with van der Waals surface area (Å²) in [6, 6.07) is 5.39. The van der Waals surface area contributed by atoms with Gasteiger partial charge in [-0.15, -0.1) is 0 Å². The van der Waals surface area contributed by atoms with Crippen molar-refractivity contribution in [2.24, 2.45) is 0 Å². The average Bonchev–Trinajstić information content (AvgIpc) is 3.02. The molecule has 24 heavy (non-hydrogen) atoms. The van der Waals surface area contributed by atoms with E-state index in [0.29, 0.717) is 30.1 Å². The van der Waals surface area contributed by atoms with E-state index in [9.17, 15) is 9.59 Å². The highest BCUT2D eigenvalue weighted by Gasteiger charge is 2.26. The second-order valence-electron chi connectivity index (χ2n) is 6.24. The predicted molar refractivity (Wildman–Crippen MR) is 91.7 cm³/mol. The van der Waals surface area contributed by atoms with Crippen LogP contribution in [0, 0.1) is 0 Å². The predicted octanol–water partition coefficient (Wildman–Crippen LogP) is 1.10. The first-order valence-electron chi connectivity index (χ1n) is 8.38. The molecule has 7 heteroatoms. The lowest BCUT2D eigenvalue weighted by Gasteiger charge is -2.30. The number of benzene rings is 1. The average molecular weight is 332 g/mol. The number of methoxy groups -OCH3 is 1. The summed E-state index contributed by atoms with van der Waals surface area (Å²) < 4.78 is 5.34. The number of anilines is 1. The molecule has 2 unspecified atom stereocenters. The van der Waals surface area contributed by atoms with E-state index in [-0.39, 0.29) is 24.0 Å². The normalized spacial score (nSPS) is 23.8. The van der Waals surface area contributed by atoms with Crippen LogP contribution in [-0.4, -0.2) is 50.8 Å². The summed E-state index contributed by atoms with van der Waals surface area (Å²) in [6.07, 6.45) is 2.02. The van der Waals surface area contributed by atoms with Gasteiger partial charge in [0.25, 0.3) is 5.91 Å². The molecule has 3 N–H and O–H groups in total. The molecule has 0 aliphatic carbocycles. The second kappa shape index (κ2) is 7.09. The van der Waals surface area contributed by atoms with Crippen LogP contribution < -0.4 is 25.6 Å². The zero-order chi connectivity index (χ0) is 17.1. The third-order valence-corrected chi connectivity index (χ3v) is 4.67. The highest BCUT2D eigenvalue weighted by molar-refractivity contribution is 6.00. The highest BCUT2D eigenvalue weighted by Crippen LogP contribution is 2.30. The van der Waals surface area contributed by atoms with Crippen molar-refractivity contribution in [3.8, 4) is 5.75 Å². The number of hydrogen-bond acceptors (Lipinski definition) is 4. The Morgan fingerprint density at radius 3 is 2.88 bits per heavy atom. The van der Waals surface area contributed by atoms with Gasteiger partial charge in [0.2, 0.25) is 0 Å². The van der Waals surface area contributed by atoms with Gasteiger partial charge in [-0.05, 0) is 44.5 Å². The van der Waals surface area contributed by atoms with Gasteiger partial charge in [0.05, 0.1) is 12.8 Å². The minimum Gasteiger partial charge on any atom is -0.495 e. The molecule has 1 aromatic rings. The van der Waals surface area contributed by atoms with Crippen LogP contribution in [0.25, 0.3) is 0 Å². The number of urea groups is 1. The molecule has 3 amide bonds. The van der Waals surface area contributed by atoms with E-state index in [0.717, 1.165) is 19.4 Å². The van der Waals surface area contributed by atoms with Crippen LogP contribution >= 0.6 is 0 Å². The Labute approximate surface area is 141 Å². The van der Waals surface area contributed by atoms with E-state index in [1.54, 1.807) is 30.2 Å². The van der Waals surface area contributed by atoms with Crippen molar-refractivity contribution in [3.05, 3.63) is 23.8 Å². The van der Waals surface area contributed by atoms with Gasteiger partial charge in [-0.25, -0.2) is 4.79 Å². The maximum Gasteiger partial charge on any atom is 0.322 e. The van der Waals surface area contributed by atoms with Gasteiger partial charge >= 0.3 is 6.03 Å². The second-order valence-corrected chi connectivity index (χ2v) is 6.24. The SMILES string of the molecule is COc1ccc(C(=O)NC2CCCNC2C)cc1N1CCNC1=O. The van der Waals surface area contributed by atoms with Crippen LogP contribution in [-0.2, 0) is 0 Å². The number of carbonyl (C=O) groups is 2. The molecule has 1 aromatic carbocycles. The van der Waals surface area contributed by atoms with E-state index in [1.165, 1.54) is 0 Å². The molecule has 2 atom stereocenters. The lowest BCUT2D eigenvalue weighted by molar-refractivity contribution is 0.0920. The standard InChI is InChI=1S/C17H24N4O3/c1-11-13(4-3-7-18-11)20-16(22)12-5-6-15(24-2)14(10-12)21-9-8-19-17(21)23/h5-6,10-11,13,18H,3-4,7-9H2,1-2H3,(H,19,23)(H,20,22). The van der Waals surface area contributed by atoms with Crippen molar-refractivity contribution < 1.29 is 14.3 Å². The van der Waals surface area contributed by atoms with Gasteiger partial charge in [0.15, 0.2) is 0 Å². The van der Waals surface area contributed by atoms with Crippen molar-refractivity contribution in [2.75, 3.05) is 31.6 Å². The Bertz CT molecular complexity index is 634. The van der Waals surface area contributed by atoms with E-state index >= 15 is 0 Å². The van der Waals surface area contributed by atoms with Crippen molar-refractivity contribution in [2.45, 2.75) is 31.8 Å². The van der Waals surface area contributed by atoms with Crippen molar-refractivity contribution in [1.29, 1.82) is 0 Å². The molecule has 3 rings (SSSR count). The van der Waals surface area contributed by atoms with Gasteiger partial charge in [-0.1, -0.05) is 0 Å². The Morgan fingerprint density at radius 1 is 1.38 bits per heavy atom. The molecule has 2 heterocycles. The van der Waals surface area contributed by atoms with Crippen LogP contribution in [0.4, 0.5) is 10.5 Å². The number of hydrogen-bond donors (Lipinski definition) is 3. The Kier molecular flexibility index (Phi) is 4.89. The molecular formula is C17H24N4O3. The van der Waals surface area contributed by atoms with Crippen molar-refractivity contribution in [1.82, 2.24) is 16.0 Å². The maximum atomic E-state index is 12.6. The Hall–Kier alpha value is -2.28. The van der Waals surface area contributed by atoms with E-state index in [4.69, 9.17) is 4.74 Å². The van der Waals surface area contributed by atoms with E-state index in [2.05, 4.69) is 22.9 Å². The summed E-state index contributed by atoms with van der Waals surface area (Å²) in [6.45, 7) is 4.22. The molecule has 0 bridgehead atoms. The van der Waals surface area contributed by atoms with Gasteiger partial charge in [0, 0.05) is 30.7 Å². The van der Waals surface area contributed by atoms with Gasteiger partial charge < -0.3 is 20.7 Å². The molecule has 2 aliphatic rings. The van der Waals surface area contributed by atoms with Crippen molar-refractivity contribution >= 4 is 17.6 Å². The molecule has 2 fully saturated rings. The molecule has 130 valence electrons. The Morgan fingerprint density at radius 2 is 2.21 bits per heavy atom. The summed E-state index contributed by atoms with van der Waals surface area (Å²) in [7, 11) is 1.56. The molecular weight excluding hydrogens is 308 g/mol. The van der Waals surface area contributed by atoms with Gasteiger partial charge in [-0.2, -0.15) is 0 Å². The third kappa shape index (κ3) is 3.31. The number of piperidine rings is 1. The first-order chi connectivity index (χ1) is 11.6. The topological polar surface area (TPSA) is 82.7 Å². The van der Waals surface area contributed by atoms with Gasteiger partial charge in [0.1, 0.15) is 5.75 Å². The fourth-order valence-corrected chi connectivity index (χ4v) is 3.24. The largest absolute Gasteiger partial charge is 0.495 e. The first-order valence-corrected chi connectivity index (χ1v) is 8.38. The number of carbonyl (C=O) groups excluding carboxylic acids is 2. The molecule has 2 aliphatic heterocycles. The lowest BCUT2D eigenvalue weighted by atomic mass is 9.99. The highest BCUT2D eigenvalue weighted by atomic mass is 16.5. The zero-order valence-electron chi connectivity index (χ0n) is 14.1. The minimum absolute atomic E-state index is 0.117. The summed E-state index contributed by atoms with van der Waals surface area (Å²) >= 11 is 0. The van der Waals surface area contributed by atoms with Crippen LogP contribution in [0.3, 0.4) is 0 Å². The van der Waals surface area contributed by atoms with E-state index < -0.39 is 0 Å². The number of amides is 3. The summed E-state index contributed by atoms with van der Waals surface area (Å²) in [5, 5.41) is 9.23. The van der Waals surface area contributed by atoms with Crippen molar-refractivity contribution in [3.63, 3.8) is 0 Å². The van der Waals surface area contributed by atoms with Crippen LogP contribution in [0.1, 0.15) is 30.1 Å². The third-order valence-electron chi connectivity index (χ3n) is 4.67. The van der Waals surface area contributed by atoms with Crippen LogP contribution in [0.5, 0.6) is 5.75 Å².